The maximum Gasteiger partial charge on any atom is 0.198 e. The second-order valence-corrected chi connectivity index (χ2v) is 10.0. The van der Waals surface area contributed by atoms with Crippen LogP contribution >= 0.6 is 0 Å². The maximum atomic E-state index is 8.81. The molecule has 1 aliphatic rings. The molecule has 0 amide bonds. The van der Waals surface area contributed by atoms with E-state index in [1.54, 1.807) is 0 Å². The third kappa shape index (κ3) is 6.49. The van der Waals surface area contributed by atoms with Crippen LogP contribution in [0.25, 0.3) is 0 Å². The van der Waals surface area contributed by atoms with Gasteiger partial charge in [0.1, 0.15) is 12.4 Å². The summed E-state index contributed by atoms with van der Waals surface area (Å²) in [5.41, 5.74) is 9.44. The summed E-state index contributed by atoms with van der Waals surface area (Å²) in [5.74, 6) is 2.17. The summed E-state index contributed by atoms with van der Waals surface area (Å²) in [4.78, 5) is 4.28. The number of hydrogen-bond acceptors (Lipinski definition) is 3. The summed E-state index contributed by atoms with van der Waals surface area (Å²) in [5, 5.41) is 8.81. The molecular formula is C27H40N4O. The molecule has 2 aromatic carbocycles. The first-order chi connectivity index (χ1) is 15.3. The molecule has 0 bridgehead atoms. The van der Waals surface area contributed by atoms with E-state index in [9.17, 15) is 0 Å². The lowest BCUT2D eigenvalue weighted by atomic mass is 9.87. The summed E-state index contributed by atoms with van der Waals surface area (Å²) >= 11 is 0. The van der Waals surface area contributed by atoms with Crippen molar-refractivity contribution in [2.24, 2.45) is 11.7 Å². The quantitative estimate of drug-likeness (QED) is 0.451. The molecule has 3 N–H and O–H groups in total. The van der Waals surface area contributed by atoms with Gasteiger partial charge in [-0.15, -0.1) is 0 Å². The number of anilines is 1. The van der Waals surface area contributed by atoms with Gasteiger partial charge in [0.15, 0.2) is 5.96 Å². The van der Waals surface area contributed by atoms with Crippen molar-refractivity contribution >= 4 is 11.6 Å². The van der Waals surface area contributed by atoms with Crippen molar-refractivity contribution in [1.29, 1.82) is 5.41 Å². The first-order valence-corrected chi connectivity index (χ1v) is 11.9. The molecule has 0 saturated carbocycles. The Morgan fingerprint density at radius 3 is 2.25 bits per heavy atom. The van der Waals surface area contributed by atoms with Gasteiger partial charge in [-0.2, -0.15) is 0 Å². The van der Waals surface area contributed by atoms with Gasteiger partial charge in [0.2, 0.25) is 0 Å². The summed E-state index contributed by atoms with van der Waals surface area (Å²) in [6.07, 6.45) is 3.16. The van der Waals surface area contributed by atoms with Gasteiger partial charge < -0.3 is 20.3 Å². The fourth-order valence-corrected chi connectivity index (χ4v) is 3.99. The number of hydrogen-bond donors (Lipinski definition) is 2. The van der Waals surface area contributed by atoms with Crippen LogP contribution in [0.5, 0.6) is 5.75 Å². The molecule has 1 aliphatic heterocycles. The molecular weight excluding hydrogens is 396 g/mol. The Kier molecular flexibility index (Phi) is 8.19. The Bertz CT molecular complexity index is 847. The third-order valence-corrected chi connectivity index (χ3v) is 6.30. The number of rotatable bonds is 7. The van der Waals surface area contributed by atoms with Gasteiger partial charge in [0.05, 0.1) is 0 Å². The van der Waals surface area contributed by atoms with Crippen molar-refractivity contribution in [3.63, 3.8) is 0 Å². The Labute approximate surface area is 194 Å². The van der Waals surface area contributed by atoms with E-state index in [4.69, 9.17) is 15.9 Å². The van der Waals surface area contributed by atoms with E-state index in [1.807, 2.05) is 12.1 Å². The Morgan fingerprint density at radius 1 is 1.06 bits per heavy atom. The van der Waals surface area contributed by atoms with Gasteiger partial charge in [0.25, 0.3) is 0 Å². The van der Waals surface area contributed by atoms with Gasteiger partial charge in [-0.1, -0.05) is 52.0 Å². The molecule has 1 fully saturated rings. The van der Waals surface area contributed by atoms with Crippen LogP contribution in [0, 0.1) is 11.3 Å². The molecule has 1 saturated heterocycles. The summed E-state index contributed by atoms with van der Waals surface area (Å²) in [7, 11) is 0. The van der Waals surface area contributed by atoms with Crippen molar-refractivity contribution < 1.29 is 4.74 Å². The predicted octanol–water partition coefficient (Wildman–Crippen LogP) is 5.38. The Morgan fingerprint density at radius 2 is 1.69 bits per heavy atom. The number of guanidine groups is 1. The second-order valence-electron chi connectivity index (χ2n) is 10.0. The zero-order valence-electron chi connectivity index (χ0n) is 20.2. The lowest BCUT2D eigenvalue weighted by Crippen LogP contribution is -2.47. The average molecular weight is 437 g/mol. The van der Waals surface area contributed by atoms with Gasteiger partial charge in [-0.05, 0) is 72.5 Å². The Hall–Kier alpha value is -2.53. The van der Waals surface area contributed by atoms with Crippen LogP contribution in [0.2, 0.25) is 0 Å². The molecule has 0 aliphatic carbocycles. The van der Waals surface area contributed by atoms with E-state index in [0.29, 0.717) is 19.1 Å². The van der Waals surface area contributed by atoms with Gasteiger partial charge in [0, 0.05) is 25.3 Å². The van der Waals surface area contributed by atoms with Crippen LogP contribution < -0.4 is 15.4 Å². The standard InChI is InChI=1S/C27H40N4O/c1-21-14-18-30(19-15-21)26(29)31(17-5-16-28)24-10-12-25(13-11-24)32-20-22-6-8-23(9-7-22)27(2,3)4/h6-13,21,29H,5,14-20,28H2,1-4H3. The molecule has 3 rings (SSSR count). The molecule has 174 valence electrons. The minimum absolute atomic E-state index is 0.158. The van der Waals surface area contributed by atoms with Crippen LogP contribution in [0.4, 0.5) is 5.69 Å². The van der Waals surface area contributed by atoms with Gasteiger partial charge >= 0.3 is 0 Å². The van der Waals surface area contributed by atoms with Crippen molar-refractivity contribution in [3.05, 3.63) is 59.7 Å². The summed E-state index contributed by atoms with van der Waals surface area (Å²) in [6, 6.07) is 16.8. The van der Waals surface area contributed by atoms with Crippen LogP contribution in [-0.2, 0) is 12.0 Å². The van der Waals surface area contributed by atoms with Crippen molar-refractivity contribution in [2.45, 2.75) is 59.0 Å². The van der Waals surface area contributed by atoms with E-state index in [1.165, 1.54) is 5.56 Å². The van der Waals surface area contributed by atoms with Crippen LogP contribution in [0.15, 0.2) is 48.5 Å². The van der Waals surface area contributed by atoms with E-state index >= 15 is 0 Å². The van der Waals surface area contributed by atoms with E-state index in [2.05, 4.69) is 73.9 Å². The normalized spacial score (nSPS) is 15.0. The molecule has 0 spiro atoms. The monoisotopic (exact) mass is 436 g/mol. The molecule has 5 heteroatoms. The highest BCUT2D eigenvalue weighted by Crippen LogP contribution is 2.25. The highest BCUT2D eigenvalue weighted by Gasteiger charge is 2.23. The van der Waals surface area contributed by atoms with Crippen molar-refractivity contribution in [1.82, 2.24) is 4.90 Å². The zero-order valence-corrected chi connectivity index (χ0v) is 20.2. The number of ether oxygens (including phenoxy) is 1. The van der Waals surface area contributed by atoms with Gasteiger partial charge in [-0.3, -0.25) is 5.41 Å². The first kappa shape index (κ1) is 24.1. The molecule has 2 aromatic rings. The molecule has 0 unspecified atom stereocenters. The molecule has 32 heavy (non-hydrogen) atoms. The number of nitrogens with one attached hydrogen (secondary N) is 1. The molecule has 0 atom stereocenters. The first-order valence-electron chi connectivity index (χ1n) is 11.9. The zero-order chi connectivity index (χ0) is 23.1. The second kappa shape index (κ2) is 10.9. The van der Waals surface area contributed by atoms with Crippen molar-refractivity contribution in [2.75, 3.05) is 31.1 Å². The molecule has 0 aromatic heterocycles. The van der Waals surface area contributed by atoms with Crippen LogP contribution in [0.3, 0.4) is 0 Å². The topological polar surface area (TPSA) is 65.6 Å². The minimum atomic E-state index is 0.158. The molecule has 1 heterocycles. The number of nitrogens with two attached hydrogens (primary N) is 1. The van der Waals surface area contributed by atoms with E-state index < -0.39 is 0 Å². The predicted molar refractivity (Wildman–Crippen MR) is 135 cm³/mol. The van der Waals surface area contributed by atoms with Crippen molar-refractivity contribution in [3.8, 4) is 5.75 Å². The fraction of sp³-hybridized carbons (Fsp3) is 0.519. The lowest BCUT2D eigenvalue weighted by Gasteiger charge is -2.37. The van der Waals surface area contributed by atoms with Crippen LogP contribution in [-0.4, -0.2) is 37.0 Å². The van der Waals surface area contributed by atoms with E-state index in [0.717, 1.165) is 61.8 Å². The largest absolute Gasteiger partial charge is 0.489 e. The number of piperidine rings is 1. The maximum absolute atomic E-state index is 8.81. The highest BCUT2D eigenvalue weighted by molar-refractivity contribution is 5.93. The summed E-state index contributed by atoms with van der Waals surface area (Å²) < 4.78 is 6.02. The lowest BCUT2D eigenvalue weighted by molar-refractivity contribution is 0.275. The van der Waals surface area contributed by atoms with E-state index in [-0.39, 0.29) is 5.41 Å². The highest BCUT2D eigenvalue weighted by atomic mass is 16.5. The van der Waals surface area contributed by atoms with Crippen LogP contribution in [0.1, 0.15) is 58.1 Å². The third-order valence-electron chi connectivity index (χ3n) is 6.30. The Balaban J connectivity index is 1.62. The molecule has 5 nitrogen and oxygen atoms in total. The average Bonchev–Trinajstić information content (AvgIpc) is 2.79. The van der Waals surface area contributed by atoms with Gasteiger partial charge in [-0.25, -0.2) is 0 Å². The number of likely N-dealkylation sites (tertiary alicyclic amines) is 1. The molecule has 0 radical (unpaired) electrons. The SMILES string of the molecule is CC1CCN(C(=N)N(CCCN)c2ccc(OCc3ccc(C(C)(C)C)cc3)cc2)CC1. The smallest absolute Gasteiger partial charge is 0.198 e. The minimum Gasteiger partial charge on any atom is -0.489 e. The number of benzene rings is 2. The summed E-state index contributed by atoms with van der Waals surface area (Å²) in [6.45, 7) is 12.8. The fourth-order valence-electron chi connectivity index (χ4n) is 3.99. The number of nitrogens with zero attached hydrogens (tertiary/aromatic N) is 2.